The van der Waals surface area contributed by atoms with E-state index in [0.29, 0.717) is 30.7 Å². The van der Waals surface area contributed by atoms with Crippen LogP contribution in [0.25, 0.3) is 0 Å². The van der Waals surface area contributed by atoms with Gasteiger partial charge < -0.3 is 5.32 Å². The minimum absolute atomic E-state index is 0.00470. The summed E-state index contributed by atoms with van der Waals surface area (Å²) >= 11 is 2.03. The van der Waals surface area contributed by atoms with Gasteiger partial charge in [0, 0.05) is 37.2 Å². The number of nitrogens with zero attached hydrogens (tertiary/aromatic N) is 1. The van der Waals surface area contributed by atoms with Crippen molar-refractivity contribution in [1.29, 1.82) is 0 Å². The highest BCUT2D eigenvalue weighted by Crippen LogP contribution is 2.28. The van der Waals surface area contributed by atoms with Crippen molar-refractivity contribution < 1.29 is 9.59 Å². The number of nitrogens with one attached hydrogen (secondary N) is 1. The number of hydrogen-bond donors (Lipinski definition) is 1. The summed E-state index contributed by atoms with van der Waals surface area (Å²) in [7, 11) is 0. The zero-order valence-corrected chi connectivity index (χ0v) is 12.5. The summed E-state index contributed by atoms with van der Waals surface area (Å²) in [6.07, 6.45) is 5.93. The minimum atomic E-state index is -0.00470. The van der Waals surface area contributed by atoms with E-state index in [1.807, 2.05) is 11.8 Å². The molecule has 0 radical (unpaired) electrons. The van der Waals surface area contributed by atoms with Crippen molar-refractivity contribution in [3.05, 3.63) is 0 Å². The number of carbonyl (C=O) groups is 2. The van der Waals surface area contributed by atoms with E-state index in [0.717, 1.165) is 12.3 Å². The van der Waals surface area contributed by atoms with Gasteiger partial charge in [-0.2, -0.15) is 11.8 Å². The number of imide groups is 1. The van der Waals surface area contributed by atoms with Gasteiger partial charge in [0.1, 0.15) is 0 Å². The van der Waals surface area contributed by atoms with Crippen molar-refractivity contribution in [2.75, 3.05) is 18.8 Å². The van der Waals surface area contributed by atoms with Crippen LogP contribution in [0.3, 0.4) is 0 Å². The predicted octanol–water partition coefficient (Wildman–Crippen LogP) is 1.79. The highest BCUT2D eigenvalue weighted by molar-refractivity contribution is 7.99. The molecule has 0 bridgehead atoms. The summed E-state index contributed by atoms with van der Waals surface area (Å²) < 4.78 is 0. The predicted molar refractivity (Wildman–Crippen MR) is 78.1 cm³/mol. The summed E-state index contributed by atoms with van der Waals surface area (Å²) in [5, 5.41) is 4.26. The van der Waals surface area contributed by atoms with E-state index < -0.39 is 0 Å². The van der Waals surface area contributed by atoms with Gasteiger partial charge in [0.05, 0.1) is 0 Å². The normalized spacial score (nSPS) is 28.2. The molecule has 5 heteroatoms. The van der Waals surface area contributed by atoms with E-state index in [1.165, 1.54) is 30.6 Å². The molecule has 19 heavy (non-hydrogen) atoms. The van der Waals surface area contributed by atoms with Crippen LogP contribution in [-0.2, 0) is 9.59 Å². The molecule has 1 saturated heterocycles. The summed E-state index contributed by atoms with van der Waals surface area (Å²) in [5.74, 6) is 1.15. The molecule has 1 heterocycles. The Morgan fingerprint density at radius 2 is 1.89 bits per heavy atom. The molecule has 4 nitrogen and oxygen atoms in total. The summed E-state index contributed by atoms with van der Waals surface area (Å²) in [5.41, 5.74) is 0. The molecule has 0 aromatic carbocycles. The first kappa shape index (κ1) is 14.9. The first-order valence-corrected chi connectivity index (χ1v) is 8.45. The lowest BCUT2D eigenvalue weighted by molar-refractivity contribution is -0.138. The van der Waals surface area contributed by atoms with Crippen LogP contribution in [0.5, 0.6) is 0 Å². The number of likely N-dealkylation sites (tertiary alicyclic amines) is 1. The molecule has 1 aliphatic carbocycles. The van der Waals surface area contributed by atoms with Crippen LogP contribution in [0.4, 0.5) is 0 Å². The Hall–Kier alpha value is -0.550. The van der Waals surface area contributed by atoms with Crippen LogP contribution in [0.1, 0.15) is 45.4 Å². The van der Waals surface area contributed by atoms with Crippen molar-refractivity contribution in [3.63, 3.8) is 0 Å². The Labute approximate surface area is 119 Å². The summed E-state index contributed by atoms with van der Waals surface area (Å²) in [6, 6.07) is 0.548. The maximum Gasteiger partial charge on any atom is 0.229 e. The molecule has 1 aliphatic heterocycles. The monoisotopic (exact) mass is 284 g/mol. The molecule has 2 aliphatic rings. The Morgan fingerprint density at radius 1 is 1.21 bits per heavy atom. The van der Waals surface area contributed by atoms with Crippen LogP contribution < -0.4 is 5.32 Å². The molecule has 0 unspecified atom stereocenters. The second kappa shape index (κ2) is 7.29. The van der Waals surface area contributed by atoms with Crippen LogP contribution in [0, 0.1) is 0 Å². The maximum absolute atomic E-state index is 11.5. The number of rotatable bonds is 6. The first-order valence-electron chi connectivity index (χ1n) is 7.40. The Kier molecular flexibility index (Phi) is 5.70. The largest absolute Gasteiger partial charge is 0.311 e. The standard InChI is InChI=1S/C14H24N2O2S/c1-2-19-12-6-4-3-5-11(12)15-9-10-16-13(17)7-8-14(16)18/h11-12,15H,2-10H2,1H3/t11-,12-/m1/s1. The minimum Gasteiger partial charge on any atom is -0.311 e. The SMILES string of the molecule is CCS[C@@H]1CCCC[C@H]1NCCN1C(=O)CCC1=O. The summed E-state index contributed by atoms with van der Waals surface area (Å²) in [4.78, 5) is 24.4. The fraction of sp³-hybridized carbons (Fsp3) is 0.857. The van der Waals surface area contributed by atoms with Crippen LogP contribution in [-0.4, -0.2) is 46.8 Å². The molecule has 1 saturated carbocycles. The number of hydrogen-bond acceptors (Lipinski definition) is 4. The second-order valence-corrected chi connectivity index (χ2v) is 6.79. The topological polar surface area (TPSA) is 49.4 Å². The van der Waals surface area contributed by atoms with Gasteiger partial charge in [0.25, 0.3) is 0 Å². The maximum atomic E-state index is 11.5. The molecule has 0 spiro atoms. The molecule has 0 aromatic heterocycles. The average molecular weight is 284 g/mol. The van der Waals surface area contributed by atoms with E-state index in [1.54, 1.807) is 0 Å². The van der Waals surface area contributed by atoms with Gasteiger partial charge in [0.2, 0.25) is 11.8 Å². The van der Waals surface area contributed by atoms with Crippen molar-refractivity contribution in [2.45, 2.75) is 56.7 Å². The highest BCUT2D eigenvalue weighted by atomic mass is 32.2. The Balaban J connectivity index is 1.74. The third-order valence-corrected chi connectivity index (χ3v) is 5.31. The number of thioether (sulfide) groups is 1. The first-order chi connectivity index (χ1) is 9.22. The zero-order chi connectivity index (χ0) is 13.7. The van der Waals surface area contributed by atoms with Crippen LogP contribution in [0.15, 0.2) is 0 Å². The van der Waals surface area contributed by atoms with Crippen molar-refractivity contribution in [1.82, 2.24) is 10.2 Å². The van der Waals surface area contributed by atoms with Gasteiger partial charge in [-0.1, -0.05) is 19.8 Å². The smallest absolute Gasteiger partial charge is 0.229 e. The lowest BCUT2D eigenvalue weighted by atomic mass is 9.95. The second-order valence-electron chi connectivity index (χ2n) is 5.28. The average Bonchev–Trinajstić information content (AvgIpc) is 2.72. The molecule has 2 rings (SSSR count). The lowest BCUT2D eigenvalue weighted by Gasteiger charge is -2.32. The summed E-state index contributed by atoms with van der Waals surface area (Å²) in [6.45, 7) is 3.48. The third kappa shape index (κ3) is 3.96. The van der Waals surface area contributed by atoms with Gasteiger partial charge >= 0.3 is 0 Å². The molecule has 2 amide bonds. The fourth-order valence-electron chi connectivity index (χ4n) is 2.98. The van der Waals surface area contributed by atoms with Crippen LogP contribution in [0.2, 0.25) is 0 Å². The number of amides is 2. The van der Waals surface area contributed by atoms with E-state index in [9.17, 15) is 9.59 Å². The van der Waals surface area contributed by atoms with Crippen molar-refractivity contribution in [2.24, 2.45) is 0 Å². The van der Waals surface area contributed by atoms with Gasteiger partial charge in [-0.05, 0) is 18.6 Å². The molecule has 1 N–H and O–H groups in total. The van der Waals surface area contributed by atoms with Gasteiger partial charge in [-0.15, -0.1) is 0 Å². The highest BCUT2D eigenvalue weighted by Gasteiger charge is 2.29. The van der Waals surface area contributed by atoms with Crippen molar-refractivity contribution >= 4 is 23.6 Å². The third-order valence-electron chi connectivity index (χ3n) is 3.98. The van der Waals surface area contributed by atoms with Gasteiger partial charge in [-0.25, -0.2) is 0 Å². The molecule has 108 valence electrons. The fourth-order valence-corrected chi connectivity index (χ4v) is 4.20. The van der Waals surface area contributed by atoms with Crippen LogP contribution >= 0.6 is 11.8 Å². The van der Waals surface area contributed by atoms with Gasteiger partial charge in [0.15, 0.2) is 0 Å². The number of carbonyl (C=O) groups excluding carboxylic acids is 2. The quantitative estimate of drug-likeness (QED) is 0.756. The van der Waals surface area contributed by atoms with E-state index in [4.69, 9.17) is 0 Å². The molecule has 0 aromatic rings. The van der Waals surface area contributed by atoms with E-state index in [-0.39, 0.29) is 11.8 Å². The van der Waals surface area contributed by atoms with Crippen molar-refractivity contribution in [3.8, 4) is 0 Å². The molecular weight excluding hydrogens is 260 g/mol. The van der Waals surface area contributed by atoms with Gasteiger partial charge in [-0.3, -0.25) is 14.5 Å². The lowest BCUT2D eigenvalue weighted by Crippen LogP contribution is -2.44. The Bertz CT molecular complexity index is 317. The molecular formula is C14H24N2O2S. The molecule has 2 atom stereocenters. The molecule has 2 fully saturated rings. The van der Waals surface area contributed by atoms with E-state index >= 15 is 0 Å². The van der Waals surface area contributed by atoms with E-state index in [2.05, 4.69) is 12.2 Å². The Morgan fingerprint density at radius 3 is 2.58 bits per heavy atom. The zero-order valence-electron chi connectivity index (χ0n) is 11.7.